The minimum absolute atomic E-state index is 0. The van der Waals surface area contributed by atoms with Crippen LogP contribution in [0.1, 0.15) is 44.6 Å². The Morgan fingerprint density at radius 2 is 2.00 bits per heavy atom. The number of benzene rings is 1. The number of nitrogens with two attached hydrogens (primary N) is 1. The molecule has 2 unspecified atom stereocenters. The summed E-state index contributed by atoms with van der Waals surface area (Å²) < 4.78 is 0. The van der Waals surface area contributed by atoms with Gasteiger partial charge in [-0.15, -0.1) is 12.4 Å². The summed E-state index contributed by atoms with van der Waals surface area (Å²) in [6.45, 7) is 2.24. The number of hydrogen-bond acceptors (Lipinski definition) is 2. The minimum atomic E-state index is 0. The summed E-state index contributed by atoms with van der Waals surface area (Å²) in [5.41, 5.74) is 7.40. The molecule has 0 heterocycles. The van der Waals surface area contributed by atoms with E-state index >= 15 is 0 Å². The first-order valence-corrected chi connectivity index (χ1v) is 7.31. The van der Waals surface area contributed by atoms with Gasteiger partial charge in [0.05, 0.1) is 6.42 Å². The van der Waals surface area contributed by atoms with E-state index in [0.29, 0.717) is 12.5 Å². The second kappa shape index (κ2) is 8.15. The molecule has 1 aromatic carbocycles. The van der Waals surface area contributed by atoms with Gasteiger partial charge in [-0.3, -0.25) is 4.79 Å². The van der Waals surface area contributed by atoms with Crippen LogP contribution in [0.15, 0.2) is 24.3 Å². The number of carbonyl (C=O) groups excluding carboxylic acids is 1. The minimum Gasteiger partial charge on any atom is -0.399 e. The van der Waals surface area contributed by atoms with Crippen LogP contribution in [0.25, 0.3) is 0 Å². The Balaban J connectivity index is 0.00000200. The Labute approximate surface area is 127 Å². The molecule has 0 radical (unpaired) electrons. The summed E-state index contributed by atoms with van der Waals surface area (Å²) in [6.07, 6.45) is 6.51. The molecule has 1 aromatic rings. The lowest BCUT2D eigenvalue weighted by Crippen LogP contribution is -2.39. The molecule has 0 spiro atoms. The van der Waals surface area contributed by atoms with Crippen LogP contribution in [0.4, 0.5) is 5.69 Å². The Kier molecular flexibility index (Phi) is 6.86. The Hall–Kier alpha value is -1.22. The first-order valence-electron chi connectivity index (χ1n) is 7.31. The quantitative estimate of drug-likeness (QED) is 0.838. The zero-order chi connectivity index (χ0) is 13.7. The third kappa shape index (κ3) is 5.04. The first kappa shape index (κ1) is 16.8. The fourth-order valence-electron chi connectivity index (χ4n) is 2.89. The number of halogens is 1. The van der Waals surface area contributed by atoms with Crippen molar-refractivity contribution < 1.29 is 4.79 Å². The fraction of sp³-hybridized carbons (Fsp3) is 0.562. The van der Waals surface area contributed by atoms with E-state index in [1.165, 1.54) is 19.3 Å². The molecule has 0 saturated heterocycles. The molecule has 0 bridgehead atoms. The van der Waals surface area contributed by atoms with Crippen molar-refractivity contribution in [2.75, 3.05) is 5.73 Å². The summed E-state index contributed by atoms with van der Waals surface area (Å²) in [5.74, 6) is 0.919. The van der Waals surface area contributed by atoms with E-state index in [0.717, 1.165) is 30.0 Å². The van der Waals surface area contributed by atoms with Gasteiger partial charge >= 0.3 is 0 Å². The van der Waals surface area contributed by atoms with Gasteiger partial charge in [0, 0.05) is 11.7 Å². The van der Waals surface area contributed by atoms with E-state index in [1.54, 1.807) is 0 Å². The highest BCUT2D eigenvalue weighted by Gasteiger charge is 2.21. The first-order chi connectivity index (χ1) is 9.17. The highest BCUT2D eigenvalue weighted by Crippen LogP contribution is 2.26. The molecule has 1 saturated carbocycles. The van der Waals surface area contributed by atoms with Crippen molar-refractivity contribution in [1.82, 2.24) is 5.32 Å². The molecule has 20 heavy (non-hydrogen) atoms. The normalized spacial score (nSPS) is 21.9. The van der Waals surface area contributed by atoms with Gasteiger partial charge in [0.1, 0.15) is 0 Å². The second-order valence-corrected chi connectivity index (χ2v) is 5.62. The number of rotatable bonds is 4. The molecular weight excluding hydrogens is 272 g/mol. The van der Waals surface area contributed by atoms with Gasteiger partial charge in [-0.25, -0.2) is 0 Å². The van der Waals surface area contributed by atoms with Crippen LogP contribution in [0.3, 0.4) is 0 Å². The summed E-state index contributed by atoms with van der Waals surface area (Å²) in [7, 11) is 0. The average molecular weight is 297 g/mol. The van der Waals surface area contributed by atoms with Crippen LogP contribution in [0.2, 0.25) is 0 Å². The predicted molar refractivity (Wildman–Crippen MR) is 86.0 cm³/mol. The average Bonchev–Trinajstić information content (AvgIpc) is 2.41. The standard InChI is InChI=1S/C16H24N2O.ClH/c1-2-12-4-3-5-15(10-12)18-16(19)11-13-6-8-14(17)9-7-13;/h6-9,12,15H,2-5,10-11,17H2,1H3,(H,18,19);1H. The van der Waals surface area contributed by atoms with E-state index in [2.05, 4.69) is 12.2 Å². The number of nitrogens with one attached hydrogen (secondary N) is 1. The van der Waals surface area contributed by atoms with E-state index in [-0.39, 0.29) is 18.3 Å². The molecule has 1 aliphatic rings. The van der Waals surface area contributed by atoms with Crippen molar-refractivity contribution in [3.8, 4) is 0 Å². The highest BCUT2D eigenvalue weighted by molar-refractivity contribution is 5.85. The summed E-state index contributed by atoms with van der Waals surface area (Å²) in [4.78, 5) is 12.0. The molecular formula is C16H25ClN2O. The smallest absolute Gasteiger partial charge is 0.224 e. The maximum Gasteiger partial charge on any atom is 0.224 e. The molecule has 2 atom stereocenters. The third-order valence-corrected chi connectivity index (χ3v) is 4.07. The van der Waals surface area contributed by atoms with Gasteiger partial charge in [-0.05, 0) is 36.5 Å². The molecule has 1 fully saturated rings. The van der Waals surface area contributed by atoms with Crippen LogP contribution in [0.5, 0.6) is 0 Å². The van der Waals surface area contributed by atoms with Gasteiger partial charge in [0.2, 0.25) is 5.91 Å². The second-order valence-electron chi connectivity index (χ2n) is 5.62. The van der Waals surface area contributed by atoms with Crippen LogP contribution in [0, 0.1) is 5.92 Å². The summed E-state index contributed by atoms with van der Waals surface area (Å²) >= 11 is 0. The molecule has 0 aliphatic heterocycles. The van der Waals surface area contributed by atoms with Gasteiger partial charge in [-0.2, -0.15) is 0 Å². The van der Waals surface area contributed by atoms with E-state index in [9.17, 15) is 4.79 Å². The lowest BCUT2D eigenvalue weighted by Gasteiger charge is -2.29. The van der Waals surface area contributed by atoms with Crippen molar-refractivity contribution in [3.05, 3.63) is 29.8 Å². The lowest BCUT2D eigenvalue weighted by atomic mass is 9.84. The third-order valence-electron chi connectivity index (χ3n) is 4.07. The lowest BCUT2D eigenvalue weighted by molar-refractivity contribution is -0.121. The molecule has 1 aliphatic carbocycles. The molecule has 112 valence electrons. The molecule has 4 heteroatoms. The van der Waals surface area contributed by atoms with E-state index < -0.39 is 0 Å². The van der Waals surface area contributed by atoms with Crippen LogP contribution in [-0.2, 0) is 11.2 Å². The maximum atomic E-state index is 12.0. The van der Waals surface area contributed by atoms with Gasteiger partial charge in [0.15, 0.2) is 0 Å². The SMILES string of the molecule is CCC1CCCC(NC(=O)Cc2ccc(N)cc2)C1.Cl. The number of nitrogen functional groups attached to an aromatic ring is 1. The topological polar surface area (TPSA) is 55.1 Å². The van der Waals surface area contributed by atoms with Crippen molar-refractivity contribution in [1.29, 1.82) is 0 Å². The maximum absolute atomic E-state index is 12.0. The summed E-state index contributed by atoms with van der Waals surface area (Å²) in [5, 5.41) is 3.18. The zero-order valence-electron chi connectivity index (χ0n) is 12.1. The van der Waals surface area contributed by atoms with E-state index in [1.807, 2.05) is 24.3 Å². The van der Waals surface area contributed by atoms with Crippen LogP contribution >= 0.6 is 12.4 Å². The monoisotopic (exact) mass is 296 g/mol. The Morgan fingerprint density at radius 3 is 2.65 bits per heavy atom. The van der Waals surface area contributed by atoms with Crippen molar-refractivity contribution >= 4 is 24.0 Å². The van der Waals surface area contributed by atoms with Crippen molar-refractivity contribution in [3.63, 3.8) is 0 Å². The zero-order valence-corrected chi connectivity index (χ0v) is 12.9. The number of anilines is 1. The molecule has 2 rings (SSSR count). The molecule has 3 nitrogen and oxygen atoms in total. The fourth-order valence-corrected chi connectivity index (χ4v) is 2.89. The Bertz CT molecular complexity index is 419. The van der Waals surface area contributed by atoms with Gasteiger partial charge in [0.25, 0.3) is 0 Å². The molecule has 1 amide bonds. The van der Waals surface area contributed by atoms with Crippen LogP contribution in [-0.4, -0.2) is 11.9 Å². The highest BCUT2D eigenvalue weighted by atomic mass is 35.5. The predicted octanol–water partition coefficient (Wildman–Crippen LogP) is 3.32. The van der Waals surface area contributed by atoms with Crippen LogP contribution < -0.4 is 11.1 Å². The van der Waals surface area contributed by atoms with Crippen molar-refractivity contribution in [2.24, 2.45) is 5.92 Å². The van der Waals surface area contributed by atoms with Crippen molar-refractivity contribution in [2.45, 2.75) is 51.5 Å². The molecule has 3 N–H and O–H groups in total. The van der Waals surface area contributed by atoms with E-state index in [4.69, 9.17) is 5.73 Å². The summed E-state index contributed by atoms with van der Waals surface area (Å²) in [6, 6.07) is 7.90. The largest absolute Gasteiger partial charge is 0.399 e. The van der Waals surface area contributed by atoms with Gasteiger partial charge < -0.3 is 11.1 Å². The van der Waals surface area contributed by atoms with Gasteiger partial charge in [-0.1, -0.05) is 38.3 Å². The number of carbonyl (C=O) groups is 1. The Morgan fingerprint density at radius 1 is 1.30 bits per heavy atom. The number of amides is 1. The molecule has 0 aromatic heterocycles. The number of hydrogen-bond donors (Lipinski definition) is 2.